The van der Waals surface area contributed by atoms with Crippen LogP contribution in [0, 0.1) is 0 Å². The van der Waals surface area contributed by atoms with Crippen LogP contribution in [0.5, 0.6) is 0 Å². The molecular weight excluding hydrogens is 234 g/mol. The van der Waals surface area contributed by atoms with Crippen molar-refractivity contribution in [2.75, 3.05) is 13.7 Å². The first-order valence-electron chi connectivity index (χ1n) is 5.25. The summed E-state index contributed by atoms with van der Waals surface area (Å²) in [6, 6.07) is 9.42. The predicted molar refractivity (Wildman–Crippen MR) is 67.7 cm³/mol. The number of amides is 3. The molecule has 0 radical (unpaired) electrons. The summed E-state index contributed by atoms with van der Waals surface area (Å²) in [6.07, 6.45) is 1.95. The van der Waals surface area contributed by atoms with Crippen molar-refractivity contribution in [3.05, 3.63) is 36.5 Å². The SMILES string of the molecule is CN(C(N)=O)C(=O)CO.c1ccc2[nH]ccc2c1. The monoisotopic (exact) mass is 249 g/mol. The van der Waals surface area contributed by atoms with Crippen molar-refractivity contribution in [2.45, 2.75) is 0 Å². The van der Waals surface area contributed by atoms with Crippen LogP contribution < -0.4 is 5.73 Å². The van der Waals surface area contributed by atoms with Crippen molar-refractivity contribution in [2.24, 2.45) is 5.73 Å². The number of aliphatic hydroxyl groups excluding tert-OH is 1. The molecule has 0 unspecified atom stereocenters. The van der Waals surface area contributed by atoms with Crippen LogP contribution in [0.4, 0.5) is 4.79 Å². The molecule has 0 saturated carbocycles. The van der Waals surface area contributed by atoms with Gasteiger partial charge in [-0.25, -0.2) is 4.79 Å². The third-order valence-corrected chi connectivity index (χ3v) is 2.30. The number of urea groups is 1. The van der Waals surface area contributed by atoms with Gasteiger partial charge in [-0.1, -0.05) is 18.2 Å². The molecule has 6 heteroatoms. The van der Waals surface area contributed by atoms with Crippen LogP contribution in [-0.2, 0) is 4.79 Å². The molecule has 1 heterocycles. The van der Waals surface area contributed by atoms with Gasteiger partial charge in [-0.3, -0.25) is 9.69 Å². The van der Waals surface area contributed by atoms with Gasteiger partial charge >= 0.3 is 6.03 Å². The molecule has 96 valence electrons. The highest BCUT2D eigenvalue weighted by molar-refractivity contribution is 5.93. The molecule has 0 fully saturated rings. The summed E-state index contributed by atoms with van der Waals surface area (Å²) in [6.45, 7) is -0.695. The van der Waals surface area contributed by atoms with E-state index in [0.717, 1.165) is 0 Å². The summed E-state index contributed by atoms with van der Waals surface area (Å²) in [5, 5.41) is 9.43. The van der Waals surface area contributed by atoms with E-state index in [4.69, 9.17) is 5.11 Å². The number of likely N-dealkylation sites (N-methyl/N-ethyl adjacent to an activating group) is 1. The molecule has 2 aromatic rings. The molecule has 1 aromatic heterocycles. The number of benzene rings is 1. The Balaban J connectivity index is 0.000000180. The standard InChI is InChI=1S/C8H7N.C4H8N2O3/c1-2-4-8-7(3-1)5-6-9-8;1-6(4(5)9)3(8)2-7/h1-6,9H;7H,2H2,1H3,(H2,5,9). The molecule has 18 heavy (non-hydrogen) atoms. The number of aromatic nitrogens is 1. The number of carbonyl (C=O) groups excluding carboxylic acids is 2. The highest BCUT2D eigenvalue weighted by Gasteiger charge is 2.10. The van der Waals surface area contributed by atoms with Gasteiger partial charge in [-0.15, -0.1) is 0 Å². The highest BCUT2D eigenvalue weighted by atomic mass is 16.3. The van der Waals surface area contributed by atoms with Crippen molar-refractivity contribution >= 4 is 22.8 Å². The van der Waals surface area contributed by atoms with Crippen LogP contribution in [0.15, 0.2) is 36.5 Å². The number of aromatic amines is 1. The number of nitrogens with zero attached hydrogens (tertiary/aromatic N) is 1. The van der Waals surface area contributed by atoms with Crippen LogP contribution in [0.25, 0.3) is 10.9 Å². The van der Waals surface area contributed by atoms with E-state index >= 15 is 0 Å². The summed E-state index contributed by atoms with van der Waals surface area (Å²) in [5.74, 6) is -0.706. The second-order valence-electron chi connectivity index (χ2n) is 3.51. The summed E-state index contributed by atoms with van der Waals surface area (Å²) >= 11 is 0. The van der Waals surface area contributed by atoms with E-state index in [9.17, 15) is 9.59 Å². The van der Waals surface area contributed by atoms with Crippen molar-refractivity contribution in [1.29, 1.82) is 0 Å². The molecule has 0 spiro atoms. The lowest BCUT2D eigenvalue weighted by atomic mass is 10.3. The number of fused-ring (bicyclic) bond motifs is 1. The quantitative estimate of drug-likeness (QED) is 0.693. The van der Waals surface area contributed by atoms with Gasteiger partial charge < -0.3 is 15.8 Å². The number of nitrogens with one attached hydrogen (secondary N) is 1. The molecule has 3 amide bonds. The second kappa shape index (κ2) is 6.41. The molecule has 0 aliphatic carbocycles. The normalized spacial score (nSPS) is 9.44. The molecule has 0 bridgehead atoms. The van der Waals surface area contributed by atoms with Gasteiger partial charge in [0.1, 0.15) is 6.61 Å². The highest BCUT2D eigenvalue weighted by Crippen LogP contribution is 2.09. The Morgan fingerprint density at radius 3 is 2.50 bits per heavy atom. The van der Waals surface area contributed by atoms with Crippen molar-refractivity contribution in [3.63, 3.8) is 0 Å². The fourth-order valence-corrected chi connectivity index (χ4v) is 1.22. The van der Waals surface area contributed by atoms with Gasteiger partial charge in [0.2, 0.25) is 0 Å². The molecule has 0 saturated heterocycles. The largest absolute Gasteiger partial charge is 0.387 e. The van der Waals surface area contributed by atoms with E-state index in [1.807, 2.05) is 18.3 Å². The zero-order valence-corrected chi connectivity index (χ0v) is 9.96. The minimum Gasteiger partial charge on any atom is -0.387 e. The molecule has 1 aromatic carbocycles. The Bertz CT molecular complexity index is 506. The number of carbonyl (C=O) groups is 2. The number of hydrogen-bond acceptors (Lipinski definition) is 3. The number of aliphatic hydroxyl groups is 1. The van der Waals surface area contributed by atoms with Crippen LogP contribution >= 0.6 is 0 Å². The van der Waals surface area contributed by atoms with Crippen LogP contribution in [-0.4, -0.2) is 40.6 Å². The number of rotatable bonds is 1. The first-order chi connectivity index (χ1) is 8.56. The minimum atomic E-state index is -0.867. The minimum absolute atomic E-state index is 0.639. The molecule has 2 rings (SSSR count). The first-order valence-corrected chi connectivity index (χ1v) is 5.25. The third kappa shape index (κ3) is 3.60. The number of primary amides is 1. The van der Waals surface area contributed by atoms with Gasteiger partial charge in [0.15, 0.2) is 0 Å². The predicted octanol–water partition coefficient (Wildman–Crippen LogP) is 0.684. The molecule has 0 aliphatic heterocycles. The number of nitrogens with two attached hydrogens (primary N) is 1. The maximum atomic E-state index is 10.3. The number of hydrogen-bond donors (Lipinski definition) is 3. The third-order valence-electron chi connectivity index (χ3n) is 2.30. The van der Waals surface area contributed by atoms with Gasteiger partial charge in [0.25, 0.3) is 5.91 Å². The Hall–Kier alpha value is -2.34. The Labute approximate surface area is 104 Å². The van der Waals surface area contributed by atoms with Crippen LogP contribution in [0.2, 0.25) is 0 Å². The summed E-state index contributed by atoms with van der Waals surface area (Å²) in [4.78, 5) is 24.2. The number of para-hydroxylation sites is 1. The van der Waals surface area contributed by atoms with Gasteiger partial charge in [-0.2, -0.15) is 0 Å². The molecule has 4 N–H and O–H groups in total. The first kappa shape index (κ1) is 13.7. The van der Waals surface area contributed by atoms with E-state index < -0.39 is 18.5 Å². The van der Waals surface area contributed by atoms with Gasteiger partial charge in [0, 0.05) is 18.8 Å². The maximum Gasteiger partial charge on any atom is 0.321 e. The Kier molecular flexibility index (Phi) is 4.89. The lowest BCUT2D eigenvalue weighted by molar-refractivity contribution is -0.129. The fraction of sp³-hybridized carbons (Fsp3) is 0.167. The van der Waals surface area contributed by atoms with Crippen molar-refractivity contribution in [3.8, 4) is 0 Å². The van der Waals surface area contributed by atoms with Crippen LogP contribution in [0.1, 0.15) is 0 Å². The van der Waals surface area contributed by atoms with E-state index in [0.29, 0.717) is 4.90 Å². The molecule has 6 nitrogen and oxygen atoms in total. The van der Waals surface area contributed by atoms with Crippen LogP contribution in [0.3, 0.4) is 0 Å². The average molecular weight is 249 g/mol. The zero-order chi connectivity index (χ0) is 13.5. The molecular formula is C12H15N3O3. The van der Waals surface area contributed by atoms with Crippen molar-refractivity contribution in [1.82, 2.24) is 9.88 Å². The summed E-state index contributed by atoms with van der Waals surface area (Å²) in [5.41, 5.74) is 5.87. The fourth-order valence-electron chi connectivity index (χ4n) is 1.22. The Morgan fingerprint density at radius 1 is 1.33 bits per heavy atom. The topological polar surface area (TPSA) is 99.4 Å². The van der Waals surface area contributed by atoms with Crippen molar-refractivity contribution < 1.29 is 14.7 Å². The lowest BCUT2D eigenvalue weighted by Crippen LogP contribution is -2.38. The lowest BCUT2D eigenvalue weighted by Gasteiger charge is -2.08. The van der Waals surface area contributed by atoms with Gasteiger partial charge in [0.05, 0.1) is 0 Å². The number of H-pyrrole nitrogens is 1. The molecule has 0 aliphatic rings. The number of imide groups is 1. The van der Waals surface area contributed by atoms with E-state index in [1.165, 1.54) is 18.0 Å². The average Bonchev–Trinajstić information content (AvgIpc) is 2.85. The smallest absolute Gasteiger partial charge is 0.321 e. The van der Waals surface area contributed by atoms with E-state index in [-0.39, 0.29) is 0 Å². The summed E-state index contributed by atoms with van der Waals surface area (Å²) in [7, 11) is 1.20. The van der Waals surface area contributed by atoms with E-state index in [1.54, 1.807) is 0 Å². The van der Waals surface area contributed by atoms with Gasteiger partial charge in [-0.05, 0) is 17.5 Å². The zero-order valence-electron chi connectivity index (χ0n) is 9.96. The maximum absolute atomic E-state index is 10.3. The summed E-state index contributed by atoms with van der Waals surface area (Å²) < 4.78 is 0. The van der Waals surface area contributed by atoms with E-state index in [2.05, 4.69) is 28.9 Å². The Morgan fingerprint density at radius 2 is 2.00 bits per heavy atom. The second-order valence-corrected chi connectivity index (χ2v) is 3.51. The molecule has 0 atom stereocenters.